The molecule has 6 nitrogen and oxygen atoms in total. The van der Waals surface area contributed by atoms with Crippen molar-refractivity contribution in [2.45, 2.75) is 39.7 Å². The average molecular weight is 295 g/mol. The maximum Gasteiger partial charge on any atom is 0.204 e. The fraction of sp³-hybridized carbons (Fsp3) is 0.733. The van der Waals surface area contributed by atoms with Crippen molar-refractivity contribution < 1.29 is 4.74 Å². The Morgan fingerprint density at radius 2 is 1.90 bits per heavy atom. The van der Waals surface area contributed by atoms with Crippen molar-refractivity contribution in [3.05, 3.63) is 6.33 Å². The molecule has 21 heavy (non-hydrogen) atoms. The monoisotopic (exact) mass is 295 g/mol. The first-order valence-corrected chi connectivity index (χ1v) is 7.71. The van der Waals surface area contributed by atoms with E-state index in [9.17, 15) is 0 Å². The summed E-state index contributed by atoms with van der Waals surface area (Å²) < 4.78 is 5.39. The number of anilines is 2. The summed E-state index contributed by atoms with van der Waals surface area (Å²) in [7, 11) is 3.46. The first-order chi connectivity index (χ1) is 10.2. The third kappa shape index (κ3) is 5.38. The smallest absolute Gasteiger partial charge is 0.204 e. The first kappa shape index (κ1) is 17.5. The molecule has 1 unspecified atom stereocenters. The highest BCUT2D eigenvalue weighted by atomic mass is 16.5. The standard InChI is InChI=1S/C15H29N5O/c1-6-20(7-2)10-8-9-12(3)19-15-13(21-5)14(16-4)17-11-18-15/h11-12H,6-10H2,1-5H3,(H2,16,17,18,19). The molecule has 0 saturated carbocycles. The molecule has 0 bridgehead atoms. The van der Waals surface area contributed by atoms with Crippen LogP contribution in [0.15, 0.2) is 6.33 Å². The lowest BCUT2D eigenvalue weighted by atomic mass is 10.1. The first-order valence-electron chi connectivity index (χ1n) is 7.71. The second kappa shape index (κ2) is 9.39. The highest BCUT2D eigenvalue weighted by molar-refractivity contribution is 5.63. The number of rotatable bonds is 10. The molecule has 6 heteroatoms. The van der Waals surface area contributed by atoms with Crippen molar-refractivity contribution in [3.8, 4) is 5.75 Å². The van der Waals surface area contributed by atoms with Gasteiger partial charge < -0.3 is 20.3 Å². The highest BCUT2D eigenvalue weighted by Gasteiger charge is 2.13. The van der Waals surface area contributed by atoms with Gasteiger partial charge in [0.05, 0.1) is 7.11 Å². The number of hydrogen-bond donors (Lipinski definition) is 2. The molecule has 0 aliphatic heterocycles. The van der Waals surface area contributed by atoms with Crippen LogP contribution in [0.1, 0.15) is 33.6 Å². The average Bonchev–Trinajstić information content (AvgIpc) is 2.51. The Hall–Kier alpha value is -1.56. The Bertz CT molecular complexity index is 409. The molecular weight excluding hydrogens is 266 g/mol. The number of nitrogens with one attached hydrogen (secondary N) is 2. The zero-order chi connectivity index (χ0) is 15.7. The summed E-state index contributed by atoms with van der Waals surface area (Å²) in [6.45, 7) is 9.95. The van der Waals surface area contributed by atoms with Gasteiger partial charge in [-0.15, -0.1) is 0 Å². The molecular formula is C15H29N5O. The van der Waals surface area contributed by atoms with Crippen LogP contribution in [0.25, 0.3) is 0 Å². The van der Waals surface area contributed by atoms with Crippen molar-refractivity contribution >= 4 is 11.6 Å². The lowest BCUT2D eigenvalue weighted by molar-refractivity contribution is 0.295. The van der Waals surface area contributed by atoms with Gasteiger partial charge in [0.15, 0.2) is 11.6 Å². The van der Waals surface area contributed by atoms with E-state index in [1.165, 1.54) is 6.42 Å². The molecule has 0 aliphatic rings. The molecule has 1 aromatic heterocycles. The van der Waals surface area contributed by atoms with Crippen molar-refractivity contribution in [1.82, 2.24) is 14.9 Å². The van der Waals surface area contributed by atoms with Crippen molar-refractivity contribution in [2.75, 3.05) is 44.4 Å². The van der Waals surface area contributed by atoms with E-state index in [4.69, 9.17) is 4.74 Å². The van der Waals surface area contributed by atoms with Gasteiger partial charge in [0, 0.05) is 13.1 Å². The third-order valence-corrected chi connectivity index (χ3v) is 3.63. The molecule has 0 fully saturated rings. The van der Waals surface area contributed by atoms with Crippen LogP contribution in [0.4, 0.5) is 11.6 Å². The normalized spacial score (nSPS) is 12.3. The molecule has 0 saturated heterocycles. The number of methoxy groups -OCH3 is 1. The summed E-state index contributed by atoms with van der Waals surface area (Å²) in [6, 6.07) is 0.342. The Kier molecular flexibility index (Phi) is 7.82. The van der Waals surface area contributed by atoms with Crippen LogP contribution in [0.2, 0.25) is 0 Å². The minimum Gasteiger partial charge on any atom is -0.490 e. The zero-order valence-electron chi connectivity index (χ0n) is 13.9. The van der Waals surface area contributed by atoms with E-state index < -0.39 is 0 Å². The zero-order valence-corrected chi connectivity index (χ0v) is 13.9. The quantitative estimate of drug-likeness (QED) is 0.691. The molecule has 1 rings (SSSR count). The number of nitrogens with zero attached hydrogens (tertiary/aromatic N) is 3. The number of aromatic nitrogens is 2. The Morgan fingerprint density at radius 1 is 1.24 bits per heavy atom. The van der Waals surface area contributed by atoms with Gasteiger partial charge in [-0.05, 0) is 39.4 Å². The lowest BCUT2D eigenvalue weighted by Crippen LogP contribution is -2.25. The van der Waals surface area contributed by atoms with Gasteiger partial charge in [-0.1, -0.05) is 13.8 Å². The van der Waals surface area contributed by atoms with Crippen molar-refractivity contribution in [3.63, 3.8) is 0 Å². The van der Waals surface area contributed by atoms with Crippen LogP contribution >= 0.6 is 0 Å². The molecule has 1 heterocycles. The second-order valence-corrected chi connectivity index (χ2v) is 5.07. The van der Waals surface area contributed by atoms with Gasteiger partial charge >= 0.3 is 0 Å². The van der Waals surface area contributed by atoms with E-state index in [2.05, 4.69) is 46.3 Å². The summed E-state index contributed by atoms with van der Waals surface area (Å²) in [5, 5.41) is 6.42. The minimum absolute atomic E-state index is 0.342. The van der Waals surface area contributed by atoms with Crippen LogP contribution in [0, 0.1) is 0 Å². The summed E-state index contributed by atoms with van der Waals surface area (Å²) in [5.41, 5.74) is 0. The van der Waals surface area contributed by atoms with Crippen LogP contribution in [0.5, 0.6) is 5.75 Å². The predicted octanol–water partition coefficient (Wildman–Crippen LogP) is 2.45. The van der Waals surface area contributed by atoms with Crippen LogP contribution < -0.4 is 15.4 Å². The minimum atomic E-state index is 0.342. The van der Waals surface area contributed by atoms with Gasteiger partial charge in [0.1, 0.15) is 6.33 Å². The Labute approximate surface area is 128 Å². The summed E-state index contributed by atoms with van der Waals surface area (Å²) in [5.74, 6) is 2.10. The van der Waals surface area contributed by atoms with Crippen molar-refractivity contribution in [1.29, 1.82) is 0 Å². The van der Waals surface area contributed by atoms with Crippen molar-refractivity contribution in [2.24, 2.45) is 0 Å². The van der Waals surface area contributed by atoms with Crippen LogP contribution in [0.3, 0.4) is 0 Å². The molecule has 1 atom stereocenters. The van der Waals surface area contributed by atoms with Gasteiger partial charge in [-0.25, -0.2) is 9.97 Å². The van der Waals surface area contributed by atoms with Gasteiger partial charge in [0.2, 0.25) is 5.75 Å². The Balaban J connectivity index is 2.53. The van der Waals surface area contributed by atoms with E-state index >= 15 is 0 Å². The third-order valence-electron chi connectivity index (χ3n) is 3.63. The van der Waals surface area contributed by atoms with E-state index in [-0.39, 0.29) is 0 Å². The molecule has 2 N–H and O–H groups in total. The summed E-state index contributed by atoms with van der Waals surface area (Å²) >= 11 is 0. The number of hydrogen-bond acceptors (Lipinski definition) is 6. The fourth-order valence-corrected chi connectivity index (χ4v) is 2.31. The summed E-state index contributed by atoms with van der Waals surface area (Å²) in [6.07, 6.45) is 3.81. The molecule has 0 amide bonds. The number of ether oxygens (including phenoxy) is 1. The van der Waals surface area contributed by atoms with Gasteiger partial charge in [0.25, 0.3) is 0 Å². The fourth-order valence-electron chi connectivity index (χ4n) is 2.31. The van der Waals surface area contributed by atoms with Gasteiger partial charge in [-0.3, -0.25) is 0 Å². The largest absolute Gasteiger partial charge is 0.490 e. The predicted molar refractivity (Wildman–Crippen MR) is 88.2 cm³/mol. The van der Waals surface area contributed by atoms with E-state index in [1.54, 1.807) is 13.4 Å². The summed E-state index contributed by atoms with van der Waals surface area (Å²) in [4.78, 5) is 10.9. The molecule has 1 aromatic rings. The molecule has 0 aliphatic carbocycles. The van der Waals surface area contributed by atoms with E-state index in [0.717, 1.165) is 31.9 Å². The molecule has 120 valence electrons. The molecule has 0 aromatic carbocycles. The highest BCUT2D eigenvalue weighted by Crippen LogP contribution is 2.29. The van der Waals surface area contributed by atoms with E-state index in [0.29, 0.717) is 17.6 Å². The van der Waals surface area contributed by atoms with Crippen LogP contribution in [-0.4, -0.2) is 54.7 Å². The second-order valence-electron chi connectivity index (χ2n) is 5.07. The maximum absolute atomic E-state index is 5.39. The SMILES string of the molecule is CCN(CC)CCCC(C)Nc1ncnc(NC)c1OC. The maximum atomic E-state index is 5.39. The molecule has 0 radical (unpaired) electrons. The lowest BCUT2D eigenvalue weighted by Gasteiger charge is -2.21. The van der Waals surface area contributed by atoms with E-state index in [1.807, 2.05) is 7.05 Å². The molecule has 0 spiro atoms. The van der Waals surface area contributed by atoms with Gasteiger partial charge in [-0.2, -0.15) is 0 Å². The topological polar surface area (TPSA) is 62.3 Å². The van der Waals surface area contributed by atoms with Crippen LogP contribution in [-0.2, 0) is 0 Å². The Morgan fingerprint density at radius 3 is 2.48 bits per heavy atom.